The number of para-hydroxylation sites is 1. The fourth-order valence-corrected chi connectivity index (χ4v) is 4.24. The molecule has 2 aliphatic rings. The van der Waals surface area contributed by atoms with Crippen LogP contribution in [0.4, 0.5) is 0 Å². The topological polar surface area (TPSA) is 48.0 Å². The minimum absolute atomic E-state index is 0.0108. The zero-order valence-electron chi connectivity index (χ0n) is 16.3. The van der Waals surface area contributed by atoms with Crippen molar-refractivity contribution in [1.29, 1.82) is 0 Å². The highest BCUT2D eigenvalue weighted by Crippen LogP contribution is 2.52. The van der Waals surface area contributed by atoms with Crippen LogP contribution < -0.4 is 14.2 Å². The number of β-lactam (4-membered cyclic amide) rings is 1. The second-order valence-electron chi connectivity index (χ2n) is 7.23. The first kappa shape index (κ1) is 17.6. The van der Waals surface area contributed by atoms with Crippen LogP contribution in [0.5, 0.6) is 17.2 Å². The van der Waals surface area contributed by atoms with Crippen LogP contribution in [-0.4, -0.2) is 31.1 Å². The van der Waals surface area contributed by atoms with Gasteiger partial charge in [-0.15, -0.1) is 0 Å². The number of likely N-dealkylation sites (tertiary alicyclic amines) is 1. The smallest absolute Gasteiger partial charge is 0.267 e. The van der Waals surface area contributed by atoms with Crippen molar-refractivity contribution < 1.29 is 19.0 Å². The van der Waals surface area contributed by atoms with E-state index in [-0.39, 0.29) is 11.9 Å². The van der Waals surface area contributed by atoms with E-state index >= 15 is 0 Å². The maximum absolute atomic E-state index is 13.0. The van der Waals surface area contributed by atoms with Crippen LogP contribution in [0.15, 0.2) is 66.7 Å². The van der Waals surface area contributed by atoms with Gasteiger partial charge in [0.05, 0.1) is 14.2 Å². The fraction of sp³-hybridized carbons (Fsp3) is 0.208. The molecule has 5 rings (SSSR count). The molecule has 0 radical (unpaired) electrons. The minimum atomic E-state index is -0.557. The number of rotatable bonds is 4. The molecule has 3 aromatic rings. The van der Waals surface area contributed by atoms with E-state index in [4.69, 9.17) is 14.2 Å². The minimum Gasteiger partial charge on any atom is -0.497 e. The van der Waals surface area contributed by atoms with Crippen molar-refractivity contribution in [2.45, 2.75) is 18.7 Å². The average molecular weight is 387 g/mol. The Morgan fingerprint density at radius 3 is 2.48 bits per heavy atom. The number of carbonyl (C=O) groups is 1. The van der Waals surface area contributed by atoms with E-state index in [9.17, 15) is 4.79 Å². The Morgan fingerprint density at radius 2 is 1.72 bits per heavy atom. The first-order chi connectivity index (χ1) is 14.2. The third kappa shape index (κ3) is 2.73. The Labute approximate surface area is 169 Å². The molecular weight excluding hydrogens is 366 g/mol. The largest absolute Gasteiger partial charge is 0.497 e. The van der Waals surface area contributed by atoms with Crippen molar-refractivity contribution in [2.24, 2.45) is 0 Å². The number of methoxy groups -OCH3 is 2. The van der Waals surface area contributed by atoms with Crippen LogP contribution in [0.3, 0.4) is 0 Å². The molecule has 29 heavy (non-hydrogen) atoms. The summed E-state index contributed by atoms with van der Waals surface area (Å²) < 4.78 is 17.4. The highest BCUT2D eigenvalue weighted by atomic mass is 16.5. The summed E-state index contributed by atoms with van der Waals surface area (Å²) in [5.74, 6) is 2.08. The molecule has 0 bridgehead atoms. The average Bonchev–Trinajstić information content (AvgIpc) is 2.90. The summed E-state index contributed by atoms with van der Waals surface area (Å²) in [6.45, 7) is 0.527. The van der Waals surface area contributed by atoms with Crippen molar-refractivity contribution in [2.75, 3.05) is 14.2 Å². The Morgan fingerprint density at radius 1 is 0.966 bits per heavy atom. The normalized spacial score (nSPS) is 19.1. The van der Waals surface area contributed by atoms with E-state index in [0.29, 0.717) is 23.8 Å². The zero-order valence-corrected chi connectivity index (χ0v) is 16.3. The molecule has 5 heteroatoms. The predicted octanol–water partition coefficient (Wildman–Crippen LogP) is 4.22. The van der Waals surface area contributed by atoms with Crippen LogP contribution in [-0.2, 0) is 11.3 Å². The van der Waals surface area contributed by atoms with Crippen LogP contribution in [0, 0.1) is 0 Å². The molecule has 0 N–H and O–H groups in total. The third-order valence-corrected chi connectivity index (χ3v) is 5.64. The van der Waals surface area contributed by atoms with Crippen LogP contribution in [0.25, 0.3) is 11.1 Å². The first-order valence-electron chi connectivity index (χ1n) is 9.57. The molecule has 2 aliphatic heterocycles. The lowest BCUT2D eigenvalue weighted by Crippen LogP contribution is -2.60. The lowest BCUT2D eigenvalue weighted by Gasteiger charge is -2.46. The van der Waals surface area contributed by atoms with Crippen molar-refractivity contribution in [3.63, 3.8) is 0 Å². The Bertz CT molecular complexity index is 1080. The van der Waals surface area contributed by atoms with Crippen molar-refractivity contribution in [3.05, 3.63) is 77.9 Å². The lowest BCUT2D eigenvalue weighted by molar-refractivity contribution is -0.165. The van der Waals surface area contributed by atoms with Gasteiger partial charge in [0.25, 0.3) is 5.91 Å². The third-order valence-electron chi connectivity index (χ3n) is 5.64. The summed E-state index contributed by atoms with van der Waals surface area (Å²) in [5, 5.41) is 0. The van der Waals surface area contributed by atoms with E-state index in [1.807, 2.05) is 71.6 Å². The molecule has 0 aliphatic carbocycles. The van der Waals surface area contributed by atoms with E-state index in [1.165, 1.54) is 0 Å². The van der Waals surface area contributed by atoms with Gasteiger partial charge in [-0.3, -0.25) is 4.79 Å². The summed E-state index contributed by atoms with van der Waals surface area (Å²) >= 11 is 0. The van der Waals surface area contributed by atoms with Crippen LogP contribution >= 0.6 is 0 Å². The fourth-order valence-electron chi connectivity index (χ4n) is 4.24. The molecule has 3 aromatic carbocycles. The Balaban J connectivity index is 1.68. The number of carbonyl (C=O) groups excluding carboxylic acids is 1. The van der Waals surface area contributed by atoms with Gasteiger partial charge in [-0.2, -0.15) is 0 Å². The van der Waals surface area contributed by atoms with Crippen molar-refractivity contribution in [1.82, 2.24) is 4.90 Å². The van der Waals surface area contributed by atoms with Gasteiger partial charge in [0, 0.05) is 23.7 Å². The van der Waals surface area contributed by atoms with E-state index in [2.05, 4.69) is 0 Å². The second kappa shape index (κ2) is 6.85. The molecule has 0 aromatic heterocycles. The van der Waals surface area contributed by atoms with Gasteiger partial charge in [0.15, 0.2) is 0 Å². The van der Waals surface area contributed by atoms with Gasteiger partial charge < -0.3 is 19.1 Å². The number of ether oxygens (including phenoxy) is 3. The SMILES string of the molecule is COc1cc(OC)c2c(c1)[C@@H]1[C@H](Oc3ccccc3-2)C(=O)N1Cc1ccccc1. The van der Waals surface area contributed by atoms with E-state index in [0.717, 1.165) is 22.3 Å². The summed E-state index contributed by atoms with van der Waals surface area (Å²) in [6, 6.07) is 21.4. The van der Waals surface area contributed by atoms with Crippen LogP contribution in [0.1, 0.15) is 17.2 Å². The highest BCUT2D eigenvalue weighted by Gasteiger charge is 2.52. The Hall–Kier alpha value is -3.47. The number of fused-ring (bicyclic) bond motifs is 5. The quantitative estimate of drug-likeness (QED) is 0.629. The van der Waals surface area contributed by atoms with E-state index < -0.39 is 6.10 Å². The summed E-state index contributed by atoms with van der Waals surface area (Å²) in [6.07, 6.45) is -0.557. The van der Waals surface area contributed by atoms with Crippen LogP contribution in [0.2, 0.25) is 0 Å². The lowest BCUT2D eigenvalue weighted by atomic mass is 9.85. The standard InChI is InChI=1S/C24H21NO4/c1-27-16-12-18-21(20(13-16)28-2)17-10-6-7-11-19(17)29-23-22(18)25(24(23)26)14-15-8-4-3-5-9-15/h3-13,22-23H,14H2,1-2H3/t22-,23+/m1/s1. The first-order valence-corrected chi connectivity index (χ1v) is 9.57. The molecule has 1 saturated heterocycles. The molecule has 146 valence electrons. The molecule has 0 spiro atoms. The van der Waals surface area contributed by atoms with Gasteiger partial charge in [-0.05, 0) is 23.3 Å². The van der Waals surface area contributed by atoms with Gasteiger partial charge in [0.1, 0.15) is 23.3 Å². The summed E-state index contributed by atoms with van der Waals surface area (Å²) in [4.78, 5) is 14.9. The van der Waals surface area contributed by atoms with Gasteiger partial charge in [-0.25, -0.2) is 0 Å². The highest BCUT2D eigenvalue weighted by molar-refractivity contribution is 5.93. The van der Waals surface area contributed by atoms with Crippen molar-refractivity contribution in [3.8, 4) is 28.4 Å². The molecule has 5 nitrogen and oxygen atoms in total. The molecule has 2 heterocycles. The molecule has 0 unspecified atom stereocenters. The molecule has 2 atom stereocenters. The maximum atomic E-state index is 13.0. The van der Waals surface area contributed by atoms with Crippen molar-refractivity contribution >= 4 is 5.91 Å². The van der Waals surface area contributed by atoms with Gasteiger partial charge in [-0.1, -0.05) is 48.5 Å². The second-order valence-corrected chi connectivity index (χ2v) is 7.23. The monoisotopic (exact) mass is 387 g/mol. The molecule has 1 amide bonds. The summed E-state index contributed by atoms with van der Waals surface area (Å²) in [5.41, 5.74) is 3.93. The van der Waals surface area contributed by atoms with E-state index in [1.54, 1.807) is 14.2 Å². The molecule has 0 saturated carbocycles. The van der Waals surface area contributed by atoms with Gasteiger partial charge in [0.2, 0.25) is 6.10 Å². The number of amides is 1. The number of nitrogens with zero attached hydrogens (tertiary/aromatic N) is 1. The predicted molar refractivity (Wildman–Crippen MR) is 109 cm³/mol. The maximum Gasteiger partial charge on any atom is 0.267 e. The Kier molecular flexibility index (Phi) is 4.16. The van der Waals surface area contributed by atoms with Gasteiger partial charge >= 0.3 is 0 Å². The molecule has 1 fully saturated rings. The zero-order chi connectivity index (χ0) is 20.0. The number of hydrogen-bond acceptors (Lipinski definition) is 4. The number of hydrogen-bond donors (Lipinski definition) is 0. The summed E-state index contributed by atoms with van der Waals surface area (Å²) in [7, 11) is 3.28. The molecular formula is C24H21NO4. The number of benzene rings is 3.